The van der Waals surface area contributed by atoms with Crippen molar-refractivity contribution in [3.63, 3.8) is 0 Å². The van der Waals surface area contributed by atoms with Gasteiger partial charge in [0.2, 0.25) is 0 Å². The average molecular weight is 268 g/mol. The number of hydrogen-bond acceptors (Lipinski definition) is 4. The quantitative estimate of drug-likeness (QED) is 0.859. The summed E-state index contributed by atoms with van der Waals surface area (Å²) in [5, 5.41) is 12.3. The van der Waals surface area contributed by atoms with E-state index in [4.69, 9.17) is 4.74 Å². The number of ether oxygens (including phenoxy) is 1. The van der Waals surface area contributed by atoms with Gasteiger partial charge in [-0.3, -0.25) is 0 Å². The van der Waals surface area contributed by atoms with Gasteiger partial charge < -0.3 is 20.1 Å². The van der Waals surface area contributed by atoms with Crippen LogP contribution < -0.4 is 10.2 Å². The van der Waals surface area contributed by atoms with Crippen molar-refractivity contribution in [3.05, 3.63) is 29.6 Å². The van der Waals surface area contributed by atoms with E-state index in [-0.39, 0.29) is 24.6 Å². The van der Waals surface area contributed by atoms with E-state index in [1.54, 1.807) is 0 Å². The molecule has 0 aromatic heterocycles. The topological polar surface area (TPSA) is 44.7 Å². The molecule has 0 bridgehead atoms. The maximum atomic E-state index is 13.6. The zero-order valence-corrected chi connectivity index (χ0v) is 11.4. The number of nitrogens with zero attached hydrogens (tertiary/aromatic N) is 1. The van der Waals surface area contributed by atoms with E-state index < -0.39 is 0 Å². The van der Waals surface area contributed by atoms with Crippen LogP contribution in [0.4, 0.5) is 10.1 Å². The Balaban J connectivity index is 2.20. The van der Waals surface area contributed by atoms with Gasteiger partial charge in [-0.25, -0.2) is 4.39 Å². The van der Waals surface area contributed by atoms with Gasteiger partial charge >= 0.3 is 0 Å². The highest BCUT2D eigenvalue weighted by Gasteiger charge is 2.25. The molecule has 5 heteroatoms. The van der Waals surface area contributed by atoms with Crippen LogP contribution in [0.25, 0.3) is 0 Å². The molecule has 4 nitrogen and oxygen atoms in total. The van der Waals surface area contributed by atoms with E-state index in [2.05, 4.69) is 10.2 Å². The first-order valence-electron chi connectivity index (χ1n) is 6.57. The Kier molecular flexibility index (Phi) is 4.74. The van der Waals surface area contributed by atoms with Crippen LogP contribution in [0.5, 0.6) is 0 Å². The second-order valence-electron chi connectivity index (χ2n) is 5.00. The molecular formula is C14H21FN2O2. The highest BCUT2D eigenvalue weighted by molar-refractivity contribution is 5.49. The Morgan fingerprint density at radius 2 is 2.21 bits per heavy atom. The fourth-order valence-corrected chi connectivity index (χ4v) is 2.48. The van der Waals surface area contributed by atoms with Crippen LogP contribution >= 0.6 is 0 Å². The van der Waals surface area contributed by atoms with Gasteiger partial charge in [-0.2, -0.15) is 0 Å². The molecule has 0 amide bonds. The normalized spacial score (nSPS) is 23.7. The minimum atomic E-state index is -0.234. The maximum absolute atomic E-state index is 13.6. The van der Waals surface area contributed by atoms with Gasteiger partial charge in [0, 0.05) is 25.3 Å². The molecule has 1 aliphatic rings. The zero-order chi connectivity index (χ0) is 13.8. The van der Waals surface area contributed by atoms with Crippen LogP contribution in [-0.4, -0.2) is 44.1 Å². The lowest BCUT2D eigenvalue weighted by Gasteiger charge is -2.37. The Bertz CT molecular complexity index is 428. The van der Waals surface area contributed by atoms with Gasteiger partial charge in [-0.1, -0.05) is 0 Å². The highest BCUT2D eigenvalue weighted by atomic mass is 19.1. The highest BCUT2D eigenvalue weighted by Crippen LogP contribution is 2.23. The third kappa shape index (κ3) is 3.65. The van der Waals surface area contributed by atoms with Crippen molar-refractivity contribution in [2.75, 3.05) is 31.6 Å². The minimum Gasteiger partial charge on any atom is -0.394 e. The van der Waals surface area contributed by atoms with E-state index in [0.717, 1.165) is 11.3 Å². The fourth-order valence-electron chi connectivity index (χ4n) is 2.48. The first-order valence-corrected chi connectivity index (χ1v) is 6.57. The number of rotatable bonds is 4. The smallest absolute Gasteiger partial charge is 0.125 e. The molecule has 1 heterocycles. The molecular weight excluding hydrogens is 247 g/mol. The third-order valence-corrected chi connectivity index (χ3v) is 3.22. The summed E-state index contributed by atoms with van der Waals surface area (Å²) in [7, 11) is 1.84. The van der Waals surface area contributed by atoms with Gasteiger partial charge in [0.15, 0.2) is 0 Å². The number of aliphatic hydroxyl groups is 1. The maximum Gasteiger partial charge on any atom is 0.125 e. The number of benzene rings is 1. The summed E-state index contributed by atoms with van der Waals surface area (Å²) in [5.41, 5.74) is 1.76. The van der Waals surface area contributed by atoms with Crippen molar-refractivity contribution in [2.24, 2.45) is 0 Å². The molecule has 1 fully saturated rings. The Labute approximate surface area is 113 Å². The van der Waals surface area contributed by atoms with Crippen LogP contribution in [0, 0.1) is 5.82 Å². The van der Waals surface area contributed by atoms with E-state index >= 15 is 0 Å². The summed E-state index contributed by atoms with van der Waals surface area (Å²) < 4.78 is 19.2. The monoisotopic (exact) mass is 268 g/mol. The number of morpholine rings is 1. The molecule has 19 heavy (non-hydrogen) atoms. The molecule has 0 radical (unpaired) electrons. The lowest BCUT2D eigenvalue weighted by molar-refractivity contribution is -0.0421. The van der Waals surface area contributed by atoms with Gasteiger partial charge in [-0.15, -0.1) is 0 Å². The van der Waals surface area contributed by atoms with Gasteiger partial charge in [0.25, 0.3) is 0 Å². The van der Waals surface area contributed by atoms with Crippen molar-refractivity contribution in [1.29, 1.82) is 0 Å². The van der Waals surface area contributed by atoms with Crippen LogP contribution in [0.1, 0.15) is 12.5 Å². The molecule has 1 aromatic rings. The molecule has 1 aliphatic heterocycles. The summed E-state index contributed by atoms with van der Waals surface area (Å²) in [6.07, 6.45) is -0.179. The molecule has 0 saturated carbocycles. The molecule has 2 unspecified atom stereocenters. The largest absolute Gasteiger partial charge is 0.394 e. The average Bonchev–Trinajstić information content (AvgIpc) is 2.37. The summed E-state index contributed by atoms with van der Waals surface area (Å²) in [5.74, 6) is -0.234. The van der Waals surface area contributed by atoms with E-state index in [0.29, 0.717) is 19.6 Å². The molecule has 2 rings (SSSR count). The molecule has 106 valence electrons. The van der Waals surface area contributed by atoms with E-state index in [1.807, 2.05) is 20.0 Å². The summed E-state index contributed by atoms with van der Waals surface area (Å²) in [6.45, 7) is 3.87. The first kappa shape index (κ1) is 14.2. The molecule has 1 saturated heterocycles. The zero-order valence-electron chi connectivity index (χ0n) is 11.4. The summed E-state index contributed by atoms with van der Waals surface area (Å²) >= 11 is 0. The Morgan fingerprint density at radius 1 is 1.42 bits per heavy atom. The molecule has 2 N–H and O–H groups in total. The standard InChI is InChI=1S/C14H21FN2O2/c1-10-7-17(8-14(9-18)19-10)13-4-11(6-16-2)3-12(15)5-13/h3-5,10,14,16,18H,6-9H2,1-2H3. The van der Waals surface area contributed by atoms with Crippen molar-refractivity contribution in [3.8, 4) is 0 Å². The van der Waals surface area contributed by atoms with Gasteiger partial charge in [0.05, 0.1) is 18.8 Å². The van der Waals surface area contributed by atoms with Crippen LogP contribution in [0.2, 0.25) is 0 Å². The predicted molar refractivity (Wildman–Crippen MR) is 72.8 cm³/mol. The summed E-state index contributed by atoms with van der Waals surface area (Å²) in [4.78, 5) is 2.07. The molecule has 1 aromatic carbocycles. The van der Waals surface area contributed by atoms with Crippen molar-refractivity contribution in [1.82, 2.24) is 5.32 Å². The minimum absolute atomic E-state index is 0.0144. The van der Waals surface area contributed by atoms with Crippen molar-refractivity contribution < 1.29 is 14.2 Å². The number of nitrogens with one attached hydrogen (secondary N) is 1. The van der Waals surface area contributed by atoms with Crippen molar-refractivity contribution >= 4 is 5.69 Å². The second-order valence-corrected chi connectivity index (χ2v) is 5.00. The predicted octanol–water partition coefficient (Wildman–Crippen LogP) is 1.13. The molecule has 0 spiro atoms. The number of halogens is 1. The summed E-state index contributed by atoms with van der Waals surface area (Å²) in [6, 6.07) is 5.05. The second kappa shape index (κ2) is 6.32. The van der Waals surface area contributed by atoms with Crippen LogP contribution in [-0.2, 0) is 11.3 Å². The fraction of sp³-hybridized carbons (Fsp3) is 0.571. The first-order chi connectivity index (χ1) is 9.12. The van der Waals surface area contributed by atoms with E-state index in [9.17, 15) is 9.50 Å². The lowest BCUT2D eigenvalue weighted by atomic mass is 10.1. The molecule has 0 aliphatic carbocycles. The number of aliphatic hydroxyl groups excluding tert-OH is 1. The van der Waals surface area contributed by atoms with Crippen LogP contribution in [0.3, 0.4) is 0 Å². The Hall–Kier alpha value is -1.17. The molecule has 2 atom stereocenters. The number of hydrogen-bond donors (Lipinski definition) is 2. The van der Waals surface area contributed by atoms with Gasteiger partial charge in [-0.05, 0) is 37.7 Å². The third-order valence-electron chi connectivity index (χ3n) is 3.22. The number of anilines is 1. The lowest BCUT2D eigenvalue weighted by Crippen LogP contribution is -2.48. The van der Waals surface area contributed by atoms with Crippen molar-refractivity contribution in [2.45, 2.75) is 25.7 Å². The SMILES string of the molecule is CNCc1cc(F)cc(N2CC(C)OC(CO)C2)c1. The Morgan fingerprint density at radius 3 is 2.89 bits per heavy atom. The van der Waals surface area contributed by atoms with E-state index in [1.165, 1.54) is 12.1 Å². The van der Waals surface area contributed by atoms with Crippen LogP contribution in [0.15, 0.2) is 18.2 Å². The van der Waals surface area contributed by atoms with Gasteiger partial charge in [0.1, 0.15) is 5.82 Å².